The Morgan fingerprint density at radius 2 is 1.56 bits per heavy atom. The van der Waals surface area contributed by atoms with E-state index < -0.39 is 33.9 Å². The van der Waals surface area contributed by atoms with Crippen LogP contribution in [0.1, 0.15) is 38.8 Å². The summed E-state index contributed by atoms with van der Waals surface area (Å²) in [6.45, 7) is 5.15. The van der Waals surface area contributed by atoms with Gasteiger partial charge in [-0.2, -0.15) is 0 Å². The van der Waals surface area contributed by atoms with Crippen molar-refractivity contribution in [3.8, 4) is 0 Å². The van der Waals surface area contributed by atoms with Crippen LogP contribution in [0.3, 0.4) is 0 Å². The molecule has 9 nitrogen and oxygen atoms in total. The lowest BCUT2D eigenvalue weighted by Gasteiger charge is -2.29. The molecule has 0 heterocycles. The van der Waals surface area contributed by atoms with Crippen LogP contribution in [0, 0.1) is 13.8 Å². The summed E-state index contributed by atoms with van der Waals surface area (Å²) in [5.41, 5.74) is 2.25. The van der Waals surface area contributed by atoms with Crippen molar-refractivity contribution in [3.05, 3.63) is 58.7 Å². The first kappa shape index (κ1) is 24.9. The number of hydrogen-bond acceptors (Lipinski definition) is 7. The van der Waals surface area contributed by atoms with E-state index in [1.54, 1.807) is 18.2 Å². The number of carbonyl (C=O) groups excluding carboxylic acids is 3. The molecule has 0 bridgehead atoms. The Kier molecular flexibility index (Phi) is 7.63. The molecule has 172 valence electrons. The normalized spacial score (nSPS) is 11.9. The summed E-state index contributed by atoms with van der Waals surface area (Å²) in [5, 5.41) is 2.54. The van der Waals surface area contributed by atoms with Gasteiger partial charge in [-0.25, -0.2) is 18.0 Å². The van der Waals surface area contributed by atoms with E-state index in [0.717, 1.165) is 21.7 Å². The Bertz CT molecular complexity index is 1160. The van der Waals surface area contributed by atoms with E-state index in [9.17, 15) is 22.8 Å². The standard InChI is InChI=1S/C22H26N2O7S/c1-13-7-9-17(11-14(13)2)24(32(6,28)29)15(3)20(25)23-19-12-16(21(26)30-4)8-10-18(19)22(27)31-5/h7-12,15H,1-6H3,(H,23,25)/t15-/m1/s1. The summed E-state index contributed by atoms with van der Waals surface area (Å²) in [4.78, 5) is 37.1. The number of benzene rings is 2. The first-order valence-corrected chi connectivity index (χ1v) is 11.4. The van der Waals surface area contributed by atoms with Gasteiger partial charge in [0.1, 0.15) is 6.04 Å². The summed E-state index contributed by atoms with van der Waals surface area (Å²) < 4.78 is 35.5. The van der Waals surface area contributed by atoms with Crippen LogP contribution >= 0.6 is 0 Å². The predicted octanol–water partition coefficient (Wildman–Crippen LogP) is 2.67. The number of methoxy groups -OCH3 is 2. The van der Waals surface area contributed by atoms with Gasteiger partial charge in [0.25, 0.3) is 0 Å². The quantitative estimate of drug-likeness (QED) is 0.628. The molecular formula is C22H26N2O7S. The van der Waals surface area contributed by atoms with Gasteiger partial charge in [0, 0.05) is 0 Å². The van der Waals surface area contributed by atoms with Crippen molar-refractivity contribution in [1.82, 2.24) is 0 Å². The van der Waals surface area contributed by atoms with Gasteiger partial charge in [0.05, 0.1) is 43.0 Å². The van der Waals surface area contributed by atoms with Gasteiger partial charge in [-0.1, -0.05) is 6.07 Å². The smallest absolute Gasteiger partial charge is 0.339 e. The molecule has 0 aromatic heterocycles. The largest absolute Gasteiger partial charge is 0.465 e. The molecule has 0 unspecified atom stereocenters. The summed E-state index contributed by atoms with van der Waals surface area (Å²) in [5.74, 6) is -2.11. The first-order chi connectivity index (χ1) is 14.9. The summed E-state index contributed by atoms with van der Waals surface area (Å²) in [6, 6.07) is 7.83. The van der Waals surface area contributed by atoms with Crippen molar-refractivity contribution in [3.63, 3.8) is 0 Å². The highest BCUT2D eigenvalue weighted by atomic mass is 32.2. The molecule has 2 rings (SSSR count). The average molecular weight is 463 g/mol. The minimum atomic E-state index is -3.83. The molecule has 2 aromatic rings. The number of anilines is 2. The van der Waals surface area contributed by atoms with Crippen LogP contribution in [-0.4, -0.2) is 52.8 Å². The predicted molar refractivity (Wildman–Crippen MR) is 120 cm³/mol. The molecule has 0 spiro atoms. The molecule has 2 aromatic carbocycles. The third-order valence-corrected chi connectivity index (χ3v) is 6.18. The zero-order valence-corrected chi connectivity index (χ0v) is 19.6. The van der Waals surface area contributed by atoms with Crippen molar-refractivity contribution in [2.45, 2.75) is 26.8 Å². The molecule has 10 heteroatoms. The first-order valence-electron chi connectivity index (χ1n) is 9.59. The van der Waals surface area contributed by atoms with Gasteiger partial charge in [0.2, 0.25) is 15.9 Å². The average Bonchev–Trinajstić information content (AvgIpc) is 2.74. The van der Waals surface area contributed by atoms with Gasteiger partial charge in [-0.15, -0.1) is 0 Å². The maximum absolute atomic E-state index is 13.1. The van der Waals surface area contributed by atoms with Crippen LogP contribution in [-0.2, 0) is 24.3 Å². The van der Waals surface area contributed by atoms with Crippen LogP contribution in [0.15, 0.2) is 36.4 Å². The van der Waals surface area contributed by atoms with Gasteiger partial charge in [-0.3, -0.25) is 9.10 Å². The van der Waals surface area contributed by atoms with E-state index in [2.05, 4.69) is 10.1 Å². The van der Waals surface area contributed by atoms with E-state index in [1.165, 1.54) is 39.3 Å². The van der Waals surface area contributed by atoms with Crippen molar-refractivity contribution >= 4 is 39.2 Å². The summed E-state index contributed by atoms with van der Waals surface area (Å²) >= 11 is 0. The van der Waals surface area contributed by atoms with E-state index in [4.69, 9.17) is 4.74 Å². The third-order valence-electron chi connectivity index (χ3n) is 4.94. The third kappa shape index (κ3) is 5.44. The van der Waals surface area contributed by atoms with Crippen LogP contribution in [0.2, 0.25) is 0 Å². The van der Waals surface area contributed by atoms with Gasteiger partial charge in [0.15, 0.2) is 0 Å². The fourth-order valence-electron chi connectivity index (χ4n) is 3.09. The molecule has 0 aliphatic carbocycles. The Morgan fingerprint density at radius 3 is 2.09 bits per heavy atom. The van der Waals surface area contributed by atoms with Crippen molar-refractivity contribution in [2.24, 2.45) is 0 Å². The number of esters is 2. The SMILES string of the molecule is COC(=O)c1ccc(C(=O)OC)c(NC(=O)[C@@H](C)N(c2ccc(C)c(C)c2)S(C)(=O)=O)c1. The molecule has 0 saturated carbocycles. The molecule has 1 N–H and O–H groups in total. The number of nitrogens with one attached hydrogen (secondary N) is 1. The lowest BCUT2D eigenvalue weighted by atomic mass is 10.1. The Hall–Kier alpha value is -3.40. The maximum atomic E-state index is 13.1. The second-order valence-corrected chi connectivity index (χ2v) is 9.10. The number of sulfonamides is 1. The molecular weight excluding hydrogens is 436 g/mol. The summed E-state index contributed by atoms with van der Waals surface area (Å²) in [7, 11) is -1.46. The minimum Gasteiger partial charge on any atom is -0.465 e. The Balaban J connectivity index is 2.47. The highest BCUT2D eigenvalue weighted by Gasteiger charge is 2.30. The number of rotatable bonds is 7. The lowest BCUT2D eigenvalue weighted by molar-refractivity contribution is -0.116. The van der Waals surface area contributed by atoms with Crippen molar-refractivity contribution < 1.29 is 32.3 Å². The number of aryl methyl sites for hydroxylation is 2. The van der Waals surface area contributed by atoms with Gasteiger partial charge in [-0.05, 0) is 62.2 Å². The second-order valence-electron chi connectivity index (χ2n) is 7.24. The molecule has 0 fully saturated rings. The van der Waals surface area contributed by atoms with E-state index in [-0.39, 0.29) is 16.8 Å². The molecule has 0 radical (unpaired) electrons. The highest BCUT2D eigenvalue weighted by molar-refractivity contribution is 7.92. The number of amides is 1. The van der Waals surface area contributed by atoms with Gasteiger partial charge >= 0.3 is 11.9 Å². The zero-order valence-electron chi connectivity index (χ0n) is 18.8. The number of hydrogen-bond donors (Lipinski definition) is 1. The van der Waals surface area contributed by atoms with Crippen molar-refractivity contribution in [1.29, 1.82) is 0 Å². The highest BCUT2D eigenvalue weighted by Crippen LogP contribution is 2.25. The minimum absolute atomic E-state index is 0.00205. The van der Waals surface area contributed by atoms with Crippen LogP contribution < -0.4 is 9.62 Å². The Morgan fingerprint density at radius 1 is 0.938 bits per heavy atom. The molecule has 1 atom stereocenters. The molecule has 0 aliphatic rings. The van der Waals surface area contributed by atoms with E-state index in [1.807, 2.05) is 13.8 Å². The number of ether oxygens (including phenoxy) is 2. The molecule has 0 saturated heterocycles. The van der Waals surface area contributed by atoms with Crippen molar-refractivity contribution in [2.75, 3.05) is 30.1 Å². The summed E-state index contributed by atoms with van der Waals surface area (Å²) in [6.07, 6.45) is 1.00. The molecule has 32 heavy (non-hydrogen) atoms. The zero-order chi connectivity index (χ0) is 24.2. The number of nitrogens with zero attached hydrogens (tertiary/aromatic N) is 1. The second kappa shape index (κ2) is 9.82. The molecule has 1 amide bonds. The van der Waals surface area contributed by atoms with Crippen LogP contribution in [0.25, 0.3) is 0 Å². The maximum Gasteiger partial charge on any atom is 0.339 e. The molecule has 0 aliphatic heterocycles. The Labute approximate surface area is 187 Å². The number of carbonyl (C=O) groups is 3. The van der Waals surface area contributed by atoms with E-state index >= 15 is 0 Å². The fraction of sp³-hybridized carbons (Fsp3) is 0.318. The topological polar surface area (TPSA) is 119 Å². The fourth-order valence-corrected chi connectivity index (χ4v) is 4.26. The lowest BCUT2D eigenvalue weighted by Crippen LogP contribution is -2.45. The van der Waals surface area contributed by atoms with Crippen LogP contribution in [0.5, 0.6) is 0 Å². The monoisotopic (exact) mass is 462 g/mol. The van der Waals surface area contributed by atoms with Crippen LogP contribution in [0.4, 0.5) is 11.4 Å². The van der Waals surface area contributed by atoms with E-state index in [0.29, 0.717) is 5.69 Å². The van der Waals surface area contributed by atoms with Gasteiger partial charge < -0.3 is 14.8 Å².